The molecule has 1 aromatic carbocycles. The molecule has 0 aliphatic heterocycles. The van der Waals surface area contributed by atoms with E-state index in [0.717, 1.165) is 18.2 Å². The van der Waals surface area contributed by atoms with Gasteiger partial charge in [0.15, 0.2) is 0 Å². The lowest BCUT2D eigenvalue weighted by Gasteiger charge is -2.19. The van der Waals surface area contributed by atoms with Crippen LogP contribution in [0.5, 0.6) is 0 Å². The minimum absolute atomic E-state index is 0.00652. The van der Waals surface area contributed by atoms with Gasteiger partial charge in [-0.3, -0.25) is 0 Å². The zero-order valence-corrected chi connectivity index (χ0v) is 10.6. The molecule has 9 heteroatoms. The largest absolute Gasteiger partial charge is 0.402 e. The predicted octanol–water partition coefficient (Wildman–Crippen LogP) is 1.50. The molecule has 0 unspecified atom stereocenters. The molecule has 0 radical (unpaired) electrons. The number of sulfonamides is 1. The fourth-order valence-corrected chi connectivity index (χ4v) is 2.62. The normalized spacial score (nSPS) is 13.0. The van der Waals surface area contributed by atoms with Crippen molar-refractivity contribution in [1.29, 1.82) is 0 Å². The molecule has 4 nitrogen and oxygen atoms in total. The molecular formula is C10H11F4NO3S. The topological polar surface area (TPSA) is 57.6 Å². The van der Waals surface area contributed by atoms with E-state index in [1.807, 2.05) is 0 Å². The average Bonchev–Trinajstić information content (AvgIpc) is 2.27. The highest BCUT2D eigenvalue weighted by atomic mass is 32.2. The third kappa shape index (κ3) is 3.88. The molecule has 1 N–H and O–H groups in total. The standard InChI is InChI=1S/C10H11F4NO3S/c1-15(6-10(12,13)14)19(17,18)9-4-7(5-16)2-3-8(9)11/h2-4,16H,5-6H2,1H3. The van der Waals surface area contributed by atoms with Crippen molar-refractivity contribution in [2.75, 3.05) is 13.6 Å². The van der Waals surface area contributed by atoms with Gasteiger partial charge in [-0.15, -0.1) is 0 Å². The number of nitrogens with zero attached hydrogens (tertiary/aromatic N) is 1. The van der Waals surface area contributed by atoms with E-state index in [0.29, 0.717) is 7.05 Å². The van der Waals surface area contributed by atoms with Gasteiger partial charge in [-0.25, -0.2) is 12.8 Å². The maximum absolute atomic E-state index is 13.4. The first-order valence-electron chi connectivity index (χ1n) is 5.00. The Morgan fingerprint density at radius 1 is 1.32 bits per heavy atom. The summed E-state index contributed by atoms with van der Waals surface area (Å²) >= 11 is 0. The van der Waals surface area contributed by atoms with Crippen molar-refractivity contribution in [2.24, 2.45) is 0 Å². The third-order valence-corrected chi connectivity index (χ3v) is 4.09. The summed E-state index contributed by atoms with van der Waals surface area (Å²) in [7, 11) is -3.91. The minimum Gasteiger partial charge on any atom is -0.392 e. The van der Waals surface area contributed by atoms with Crippen LogP contribution >= 0.6 is 0 Å². The van der Waals surface area contributed by atoms with Gasteiger partial charge in [-0.05, 0) is 17.7 Å². The van der Waals surface area contributed by atoms with Gasteiger partial charge >= 0.3 is 6.18 Å². The monoisotopic (exact) mass is 301 g/mol. The number of halogens is 4. The summed E-state index contributed by atoms with van der Waals surface area (Å²) in [6, 6.07) is 2.72. The lowest BCUT2D eigenvalue weighted by molar-refractivity contribution is -0.134. The van der Waals surface area contributed by atoms with E-state index in [2.05, 4.69) is 0 Å². The number of rotatable bonds is 4. The van der Waals surface area contributed by atoms with Crippen LogP contribution in [0.15, 0.2) is 23.1 Å². The van der Waals surface area contributed by atoms with E-state index in [4.69, 9.17) is 5.11 Å². The fourth-order valence-electron chi connectivity index (χ4n) is 1.35. The van der Waals surface area contributed by atoms with Crippen molar-refractivity contribution in [3.8, 4) is 0 Å². The molecule has 0 saturated carbocycles. The molecule has 0 aliphatic rings. The highest BCUT2D eigenvalue weighted by molar-refractivity contribution is 7.89. The summed E-state index contributed by atoms with van der Waals surface area (Å²) in [5.74, 6) is -1.17. The number of alkyl halides is 3. The lowest BCUT2D eigenvalue weighted by atomic mass is 10.2. The molecule has 0 spiro atoms. The molecule has 1 rings (SSSR count). The van der Waals surface area contributed by atoms with Gasteiger partial charge in [0, 0.05) is 7.05 Å². The molecule has 0 aromatic heterocycles. The van der Waals surface area contributed by atoms with Crippen LogP contribution in [0.3, 0.4) is 0 Å². The van der Waals surface area contributed by atoms with Gasteiger partial charge in [0.2, 0.25) is 10.0 Å². The predicted molar refractivity (Wildman–Crippen MR) is 58.2 cm³/mol. The van der Waals surface area contributed by atoms with Gasteiger partial charge in [-0.2, -0.15) is 17.5 Å². The first-order chi connectivity index (χ1) is 8.58. The van der Waals surface area contributed by atoms with Gasteiger partial charge in [0.05, 0.1) is 6.61 Å². The van der Waals surface area contributed by atoms with E-state index >= 15 is 0 Å². The number of hydrogen-bond acceptors (Lipinski definition) is 3. The number of aliphatic hydroxyl groups excluding tert-OH is 1. The van der Waals surface area contributed by atoms with E-state index < -0.39 is 40.1 Å². The summed E-state index contributed by atoms with van der Waals surface area (Å²) in [5, 5.41) is 8.83. The quantitative estimate of drug-likeness (QED) is 0.858. The zero-order valence-electron chi connectivity index (χ0n) is 9.78. The first-order valence-corrected chi connectivity index (χ1v) is 6.44. The zero-order chi connectivity index (χ0) is 14.8. The van der Waals surface area contributed by atoms with Crippen molar-refractivity contribution >= 4 is 10.0 Å². The molecule has 0 aliphatic carbocycles. The van der Waals surface area contributed by atoms with Crippen LogP contribution in [0.25, 0.3) is 0 Å². The number of benzene rings is 1. The second-order valence-electron chi connectivity index (χ2n) is 3.80. The Morgan fingerprint density at radius 3 is 2.37 bits per heavy atom. The van der Waals surface area contributed by atoms with E-state index in [1.165, 1.54) is 0 Å². The Balaban J connectivity index is 3.20. The van der Waals surface area contributed by atoms with Gasteiger partial charge in [0.25, 0.3) is 0 Å². The van der Waals surface area contributed by atoms with Crippen molar-refractivity contribution in [3.05, 3.63) is 29.6 Å². The Kier molecular flexibility index (Phi) is 4.54. The van der Waals surface area contributed by atoms with Gasteiger partial charge < -0.3 is 5.11 Å². The average molecular weight is 301 g/mol. The smallest absolute Gasteiger partial charge is 0.392 e. The molecule has 0 heterocycles. The molecule has 0 amide bonds. The summed E-state index contributed by atoms with van der Waals surface area (Å²) in [6.45, 7) is -2.27. The third-order valence-electron chi connectivity index (χ3n) is 2.27. The van der Waals surface area contributed by atoms with Crippen molar-refractivity contribution < 1.29 is 31.1 Å². The van der Waals surface area contributed by atoms with Gasteiger partial charge in [-0.1, -0.05) is 6.07 Å². The second-order valence-corrected chi connectivity index (χ2v) is 5.81. The Hall–Kier alpha value is -1.19. The molecule has 1 aromatic rings. The van der Waals surface area contributed by atoms with Crippen LogP contribution in [0.2, 0.25) is 0 Å². The molecule has 0 bridgehead atoms. The van der Waals surface area contributed by atoms with Crippen LogP contribution in [0.1, 0.15) is 5.56 Å². The highest BCUT2D eigenvalue weighted by Crippen LogP contribution is 2.23. The van der Waals surface area contributed by atoms with Crippen LogP contribution in [-0.2, 0) is 16.6 Å². The van der Waals surface area contributed by atoms with Crippen molar-refractivity contribution in [2.45, 2.75) is 17.7 Å². The fraction of sp³-hybridized carbons (Fsp3) is 0.400. The highest BCUT2D eigenvalue weighted by Gasteiger charge is 2.35. The molecule has 19 heavy (non-hydrogen) atoms. The first kappa shape index (κ1) is 15.9. The van der Waals surface area contributed by atoms with E-state index in [-0.39, 0.29) is 9.87 Å². The maximum Gasteiger partial charge on any atom is 0.402 e. The minimum atomic E-state index is -4.73. The van der Waals surface area contributed by atoms with Crippen LogP contribution < -0.4 is 0 Å². The van der Waals surface area contributed by atoms with Gasteiger partial charge in [0.1, 0.15) is 17.3 Å². The summed E-state index contributed by atoms with van der Waals surface area (Å²) in [5.41, 5.74) is 0.0837. The van der Waals surface area contributed by atoms with E-state index in [1.54, 1.807) is 0 Å². The summed E-state index contributed by atoms with van der Waals surface area (Å²) < 4.78 is 73.5. The molecular weight excluding hydrogens is 290 g/mol. The number of hydrogen-bond donors (Lipinski definition) is 1. The Labute approximate surface area is 107 Å². The Morgan fingerprint density at radius 2 is 1.89 bits per heavy atom. The lowest BCUT2D eigenvalue weighted by Crippen LogP contribution is -2.36. The SMILES string of the molecule is CN(CC(F)(F)F)S(=O)(=O)c1cc(CO)ccc1F. The van der Waals surface area contributed by atoms with Crippen LogP contribution in [-0.4, -0.2) is 37.6 Å². The summed E-state index contributed by atoms with van der Waals surface area (Å²) in [6.07, 6.45) is -4.73. The van der Waals surface area contributed by atoms with Crippen molar-refractivity contribution in [3.63, 3.8) is 0 Å². The van der Waals surface area contributed by atoms with Crippen LogP contribution in [0.4, 0.5) is 17.6 Å². The second kappa shape index (κ2) is 5.43. The molecule has 108 valence electrons. The van der Waals surface area contributed by atoms with Crippen molar-refractivity contribution in [1.82, 2.24) is 4.31 Å². The number of aliphatic hydroxyl groups is 1. The molecule has 0 atom stereocenters. The summed E-state index contributed by atoms with van der Waals surface area (Å²) in [4.78, 5) is -0.897. The van der Waals surface area contributed by atoms with Crippen LogP contribution in [0, 0.1) is 5.82 Å². The van der Waals surface area contributed by atoms with E-state index in [9.17, 15) is 26.0 Å². The maximum atomic E-state index is 13.4. The molecule has 0 fully saturated rings. The Bertz CT molecular complexity index is 556. The molecule has 0 saturated heterocycles.